The predicted octanol–water partition coefficient (Wildman–Crippen LogP) is 1.82. The number of hydrogen-bond donors (Lipinski definition) is 3. The van der Waals surface area contributed by atoms with Gasteiger partial charge in [-0.2, -0.15) is 0 Å². The molecular weight excluding hydrogens is 310 g/mol. The van der Waals surface area contributed by atoms with Crippen LogP contribution in [-0.2, 0) is 20.9 Å². The number of amides is 1. The summed E-state index contributed by atoms with van der Waals surface area (Å²) in [5, 5.41) is 2.67. The molecule has 1 saturated heterocycles. The normalized spacial score (nSPS) is 26.8. The first-order chi connectivity index (χ1) is 11.2. The Morgan fingerprint density at radius 2 is 1.96 bits per heavy atom. The second-order valence-electron chi connectivity index (χ2n) is 6.96. The van der Waals surface area contributed by atoms with Gasteiger partial charge < -0.3 is 20.6 Å². The van der Waals surface area contributed by atoms with E-state index in [-0.39, 0.29) is 6.42 Å². The van der Waals surface area contributed by atoms with Crippen molar-refractivity contribution in [1.82, 2.24) is 10.8 Å². The largest absolute Gasteiger partial charge is 0.422 e. The Balaban J connectivity index is 2.15. The Bertz CT molecular complexity index is 614. The van der Waals surface area contributed by atoms with Crippen molar-refractivity contribution in [2.75, 3.05) is 0 Å². The van der Waals surface area contributed by atoms with Crippen LogP contribution in [0.2, 0.25) is 0 Å². The van der Waals surface area contributed by atoms with Gasteiger partial charge in [0.2, 0.25) is 5.72 Å². The zero-order valence-electron chi connectivity index (χ0n) is 14.5. The third kappa shape index (κ3) is 2.97. The zero-order valence-corrected chi connectivity index (χ0v) is 14.5. The molecule has 0 spiro atoms. The Hall–Kier alpha value is -2.12. The van der Waals surface area contributed by atoms with Crippen molar-refractivity contribution in [3.05, 3.63) is 35.9 Å². The average molecular weight is 335 g/mol. The maximum Gasteiger partial charge on any atom is 0.409 e. The fourth-order valence-corrected chi connectivity index (χ4v) is 2.86. The van der Waals surface area contributed by atoms with Gasteiger partial charge >= 0.3 is 12.1 Å². The first-order valence-corrected chi connectivity index (χ1v) is 7.94. The predicted molar refractivity (Wildman–Crippen MR) is 88.4 cm³/mol. The molecule has 1 aliphatic rings. The molecule has 1 amide bonds. The Morgan fingerprint density at radius 3 is 2.50 bits per heavy atom. The summed E-state index contributed by atoms with van der Waals surface area (Å²) in [5.41, 5.74) is 6.21. The van der Waals surface area contributed by atoms with Crippen molar-refractivity contribution in [2.24, 2.45) is 11.1 Å². The van der Waals surface area contributed by atoms with Crippen molar-refractivity contribution in [1.29, 1.82) is 0 Å². The summed E-state index contributed by atoms with van der Waals surface area (Å²) in [7, 11) is 0. The van der Waals surface area contributed by atoms with E-state index in [0.717, 1.165) is 5.56 Å². The fourth-order valence-electron chi connectivity index (χ4n) is 2.86. The smallest absolute Gasteiger partial charge is 0.409 e. The van der Waals surface area contributed by atoms with Crippen LogP contribution < -0.4 is 16.5 Å². The van der Waals surface area contributed by atoms with Gasteiger partial charge in [0, 0.05) is 13.0 Å². The molecule has 1 heterocycles. The summed E-state index contributed by atoms with van der Waals surface area (Å²) in [6.07, 6.45) is -0.406. The summed E-state index contributed by atoms with van der Waals surface area (Å²) in [6, 6.07) is 9.43. The summed E-state index contributed by atoms with van der Waals surface area (Å²) >= 11 is 0. The Labute approximate surface area is 141 Å². The molecule has 2 atom stereocenters. The summed E-state index contributed by atoms with van der Waals surface area (Å²) in [5.74, 6) is -0.646. The highest BCUT2D eigenvalue weighted by molar-refractivity contribution is 5.86. The number of nitrogens with two attached hydrogens (primary N) is 1. The van der Waals surface area contributed by atoms with Gasteiger partial charge in [0.15, 0.2) is 5.54 Å². The number of rotatable bonds is 4. The SMILES string of the molecule is CCC1(OC(=O)NCc2ccccc2)NOC(=O)[C@@]1(N)C(C)(C)C. The maximum absolute atomic E-state index is 12.3. The monoisotopic (exact) mass is 335 g/mol. The van der Waals surface area contributed by atoms with Crippen molar-refractivity contribution in [3.8, 4) is 0 Å². The molecule has 0 aliphatic carbocycles. The average Bonchev–Trinajstić information content (AvgIpc) is 2.80. The summed E-state index contributed by atoms with van der Waals surface area (Å²) < 4.78 is 5.55. The van der Waals surface area contributed by atoms with Crippen LogP contribution in [0.4, 0.5) is 4.79 Å². The number of carbonyl (C=O) groups is 2. The van der Waals surface area contributed by atoms with Gasteiger partial charge in [-0.05, 0) is 11.0 Å². The lowest BCUT2D eigenvalue weighted by Gasteiger charge is -2.44. The van der Waals surface area contributed by atoms with Crippen LogP contribution in [0.25, 0.3) is 0 Å². The third-order valence-electron chi connectivity index (χ3n) is 4.50. The van der Waals surface area contributed by atoms with Crippen LogP contribution in [0.5, 0.6) is 0 Å². The molecule has 132 valence electrons. The molecule has 2 rings (SSSR count). The second-order valence-corrected chi connectivity index (χ2v) is 6.96. The van der Waals surface area contributed by atoms with Crippen molar-refractivity contribution < 1.29 is 19.2 Å². The zero-order chi connectivity index (χ0) is 18.0. The van der Waals surface area contributed by atoms with Gasteiger partial charge in [-0.1, -0.05) is 58.0 Å². The first kappa shape index (κ1) is 18.2. The van der Waals surface area contributed by atoms with E-state index < -0.39 is 28.7 Å². The van der Waals surface area contributed by atoms with Crippen LogP contribution in [0.15, 0.2) is 30.3 Å². The van der Waals surface area contributed by atoms with Gasteiger partial charge in [0.05, 0.1) is 0 Å². The Kier molecular flexibility index (Phi) is 4.87. The van der Waals surface area contributed by atoms with Gasteiger partial charge in [-0.15, -0.1) is 5.48 Å². The van der Waals surface area contributed by atoms with Gasteiger partial charge in [0.1, 0.15) is 0 Å². The molecule has 24 heavy (non-hydrogen) atoms. The second kappa shape index (κ2) is 6.41. The standard InChI is InChI=1S/C17H25N3O4/c1-5-16(17(18,15(2,3)4)13(21)24-20-16)23-14(22)19-11-12-9-7-6-8-10-12/h6-10,20H,5,11,18H2,1-4H3,(H,19,22)/t16?,17-/m1/s1. The van der Waals surface area contributed by atoms with Gasteiger partial charge in [-0.3, -0.25) is 0 Å². The summed E-state index contributed by atoms with van der Waals surface area (Å²) in [6.45, 7) is 7.48. The highest BCUT2D eigenvalue weighted by atomic mass is 16.7. The van der Waals surface area contributed by atoms with Gasteiger partial charge in [0.25, 0.3) is 0 Å². The summed E-state index contributed by atoms with van der Waals surface area (Å²) in [4.78, 5) is 29.5. The lowest BCUT2D eigenvalue weighted by atomic mass is 9.67. The molecule has 0 saturated carbocycles. The quantitative estimate of drug-likeness (QED) is 0.776. The van der Waals surface area contributed by atoms with Crippen LogP contribution >= 0.6 is 0 Å². The highest BCUT2D eigenvalue weighted by Gasteiger charge is 2.68. The molecule has 7 nitrogen and oxygen atoms in total. The van der Waals surface area contributed by atoms with Crippen LogP contribution in [0, 0.1) is 5.41 Å². The lowest BCUT2D eigenvalue weighted by molar-refractivity contribution is -0.149. The number of hydrogen-bond acceptors (Lipinski definition) is 6. The van der Waals surface area contributed by atoms with Crippen LogP contribution in [0.1, 0.15) is 39.7 Å². The minimum atomic E-state index is -1.52. The minimum absolute atomic E-state index is 0.269. The number of ether oxygens (including phenoxy) is 1. The molecule has 1 aromatic carbocycles. The van der Waals surface area contributed by atoms with Crippen molar-refractivity contribution >= 4 is 12.1 Å². The van der Waals surface area contributed by atoms with E-state index in [0.29, 0.717) is 6.54 Å². The maximum atomic E-state index is 12.3. The molecule has 0 aromatic heterocycles. The Morgan fingerprint density at radius 1 is 1.33 bits per heavy atom. The number of benzene rings is 1. The van der Waals surface area contributed by atoms with Crippen molar-refractivity contribution in [3.63, 3.8) is 0 Å². The van der Waals surface area contributed by atoms with E-state index in [1.165, 1.54) is 0 Å². The molecule has 7 heteroatoms. The molecule has 4 N–H and O–H groups in total. The molecule has 0 bridgehead atoms. The van der Waals surface area contributed by atoms with E-state index in [9.17, 15) is 9.59 Å². The van der Waals surface area contributed by atoms with E-state index in [1.54, 1.807) is 27.7 Å². The first-order valence-electron chi connectivity index (χ1n) is 7.94. The van der Waals surface area contributed by atoms with Gasteiger partial charge in [-0.25, -0.2) is 9.59 Å². The molecule has 1 unspecified atom stereocenters. The number of alkyl carbamates (subject to hydrolysis) is 1. The van der Waals surface area contributed by atoms with E-state index in [4.69, 9.17) is 15.3 Å². The van der Waals surface area contributed by atoms with E-state index in [2.05, 4.69) is 10.8 Å². The molecule has 1 aliphatic heterocycles. The fraction of sp³-hybridized carbons (Fsp3) is 0.529. The van der Waals surface area contributed by atoms with Crippen LogP contribution in [-0.4, -0.2) is 23.3 Å². The molecule has 1 fully saturated rings. The number of nitrogens with one attached hydrogen (secondary N) is 2. The molecular formula is C17H25N3O4. The van der Waals surface area contributed by atoms with E-state index >= 15 is 0 Å². The number of carbonyl (C=O) groups excluding carboxylic acids is 2. The lowest BCUT2D eigenvalue weighted by Crippen LogP contribution is -2.72. The molecule has 1 aromatic rings. The van der Waals surface area contributed by atoms with Crippen LogP contribution in [0.3, 0.4) is 0 Å². The third-order valence-corrected chi connectivity index (χ3v) is 4.50. The minimum Gasteiger partial charge on any atom is -0.422 e. The number of hydroxylamine groups is 1. The topological polar surface area (TPSA) is 103 Å². The van der Waals surface area contributed by atoms with E-state index in [1.807, 2.05) is 30.3 Å². The van der Waals surface area contributed by atoms with Crippen molar-refractivity contribution in [2.45, 2.75) is 51.9 Å². The molecule has 0 radical (unpaired) electrons. The highest BCUT2D eigenvalue weighted by Crippen LogP contribution is 2.43.